The van der Waals surface area contributed by atoms with Gasteiger partial charge in [0.15, 0.2) is 0 Å². The molecule has 0 saturated carbocycles. The second-order valence-electron chi connectivity index (χ2n) is 8.73. The minimum absolute atomic E-state index is 0.0308. The summed E-state index contributed by atoms with van der Waals surface area (Å²) in [5, 5.41) is 14.1. The molecule has 1 amide bonds. The fourth-order valence-corrected chi connectivity index (χ4v) is 4.74. The van der Waals surface area contributed by atoms with Crippen LogP contribution in [-0.2, 0) is 11.8 Å². The number of β-amino-alcohol motifs (C(OH)–C–C–N with tert-alkyl or cyclic N) is 1. The largest absolute Gasteiger partial charge is 0.392 e. The lowest BCUT2D eigenvalue weighted by molar-refractivity contribution is 0.000893. The van der Waals surface area contributed by atoms with Crippen LogP contribution >= 0.6 is 0 Å². The van der Waals surface area contributed by atoms with Crippen molar-refractivity contribution >= 4 is 5.91 Å². The number of hydrogen-bond donors (Lipinski definition) is 1. The van der Waals surface area contributed by atoms with Crippen LogP contribution in [0.2, 0.25) is 0 Å². The molecule has 3 atom stereocenters. The second kappa shape index (κ2) is 7.48. The molecule has 27 heavy (non-hydrogen) atoms. The van der Waals surface area contributed by atoms with Crippen LogP contribution in [0.5, 0.6) is 0 Å². The van der Waals surface area contributed by atoms with Crippen LogP contribution < -0.4 is 0 Å². The van der Waals surface area contributed by atoms with E-state index in [4.69, 9.17) is 4.74 Å². The lowest BCUT2D eigenvalue weighted by atomic mass is 9.76. The third-order valence-electron chi connectivity index (χ3n) is 6.76. The highest BCUT2D eigenvalue weighted by molar-refractivity contribution is 5.90. The molecule has 8 heteroatoms. The molecule has 0 radical (unpaired) electrons. The predicted molar refractivity (Wildman–Crippen MR) is 99.2 cm³/mol. The maximum Gasteiger partial charge on any atom is 0.291 e. The lowest BCUT2D eigenvalue weighted by Gasteiger charge is -2.38. The molecular formula is C19H31N5O3. The van der Waals surface area contributed by atoms with Crippen molar-refractivity contribution in [2.45, 2.75) is 44.8 Å². The summed E-state index contributed by atoms with van der Waals surface area (Å²) < 4.78 is 7.68. The summed E-state index contributed by atoms with van der Waals surface area (Å²) in [4.78, 5) is 20.9. The molecule has 1 N–H and O–H groups in total. The number of amides is 1. The van der Waals surface area contributed by atoms with E-state index in [1.807, 2.05) is 4.90 Å². The van der Waals surface area contributed by atoms with Crippen molar-refractivity contribution in [3.8, 4) is 0 Å². The zero-order valence-electron chi connectivity index (χ0n) is 16.4. The molecule has 1 aromatic heterocycles. The summed E-state index contributed by atoms with van der Waals surface area (Å²) in [7, 11) is 1.75. The number of rotatable bonds is 3. The Morgan fingerprint density at radius 2 is 2.15 bits per heavy atom. The number of ether oxygens (including phenoxy) is 1. The van der Waals surface area contributed by atoms with E-state index >= 15 is 0 Å². The molecule has 4 rings (SSSR count). The Balaban J connectivity index is 1.28. The van der Waals surface area contributed by atoms with E-state index < -0.39 is 0 Å². The van der Waals surface area contributed by atoms with Crippen LogP contribution in [0.15, 0.2) is 6.33 Å². The van der Waals surface area contributed by atoms with Crippen molar-refractivity contribution in [2.24, 2.45) is 18.4 Å². The molecule has 3 saturated heterocycles. The maximum absolute atomic E-state index is 12.6. The van der Waals surface area contributed by atoms with Gasteiger partial charge in [-0.3, -0.25) is 9.69 Å². The van der Waals surface area contributed by atoms with Gasteiger partial charge in [0.1, 0.15) is 6.33 Å². The molecule has 150 valence electrons. The number of carbonyl (C=O) groups excluding carboxylic acids is 1. The lowest BCUT2D eigenvalue weighted by Crippen LogP contribution is -2.46. The van der Waals surface area contributed by atoms with E-state index in [1.54, 1.807) is 7.05 Å². The topological polar surface area (TPSA) is 83.7 Å². The fraction of sp³-hybridized carbons (Fsp3) is 0.842. The van der Waals surface area contributed by atoms with E-state index in [-0.39, 0.29) is 23.5 Å². The molecule has 0 aromatic carbocycles. The molecule has 4 heterocycles. The Morgan fingerprint density at radius 1 is 1.37 bits per heavy atom. The van der Waals surface area contributed by atoms with Gasteiger partial charge in [0.25, 0.3) is 5.91 Å². The van der Waals surface area contributed by atoms with Crippen LogP contribution in [-0.4, -0.2) is 87.1 Å². The number of carbonyl (C=O) groups is 1. The highest BCUT2D eigenvalue weighted by Crippen LogP contribution is 2.42. The van der Waals surface area contributed by atoms with Gasteiger partial charge >= 0.3 is 0 Å². The number of aliphatic hydroxyl groups is 1. The minimum Gasteiger partial charge on any atom is -0.392 e. The van der Waals surface area contributed by atoms with Gasteiger partial charge in [-0.25, -0.2) is 9.67 Å². The van der Waals surface area contributed by atoms with Gasteiger partial charge < -0.3 is 14.7 Å². The molecule has 1 spiro atoms. The quantitative estimate of drug-likeness (QED) is 0.827. The first kappa shape index (κ1) is 18.8. The molecule has 0 aliphatic carbocycles. The Morgan fingerprint density at radius 3 is 2.81 bits per heavy atom. The first-order valence-electron chi connectivity index (χ1n) is 10.1. The summed E-state index contributed by atoms with van der Waals surface area (Å²) in [6.07, 6.45) is 5.51. The van der Waals surface area contributed by atoms with E-state index in [0.717, 1.165) is 65.0 Å². The Hall–Kier alpha value is -1.51. The van der Waals surface area contributed by atoms with Crippen LogP contribution in [0.4, 0.5) is 0 Å². The molecule has 1 aromatic rings. The number of aryl methyl sites for hydroxylation is 1. The van der Waals surface area contributed by atoms with E-state index in [9.17, 15) is 9.90 Å². The standard InChI is InChI=1S/C19H31N5O3/c1-14-3-6-23(11-16(14)25)10-15-9-19(12-27-15)4-7-24(8-5-19)18(26)17-20-13-21-22(17)2/h13-16,25H,3-12H2,1-2H3/t14-,15+,16-/m1/s1. The maximum atomic E-state index is 12.6. The number of aromatic nitrogens is 3. The first-order chi connectivity index (χ1) is 13.0. The Bertz CT molecular complexity index is 670. The van der Waals surface area contributed by atoms with Crippen LogP contribution in [0.3, 0.4) is 0 Å². The van der Waals surface area contributed by atoms with E-state index in [0.29, 0.717) is 11.7 Å². The summed E-state index contributed by atoms with van der Waals surface area (Å²) in [5.74, 6) is 0.772. The average Bonchev–Trinajstić information content (AvgIpc) is 3.25. The highest BCUT2D eigenvalue weighted by Gasteiger charge is 2.44. The third kappa shape index (κ3) is 3.88. The van der Waals surface area contributed by atoms with Gasteiger partial charge in [-0.05, 0) is 43.6 Å². The SMILES string of the molecule is C[C@@H]1CCN(C[C@@H]2CC3(CCN(C(=O)c4ncnn4C)CC3)CO2)C[C@H]1O. The summed E-state index contributed by atoms with van der Waals surface area (Å²) >= 11 is 0. The van der Waals surface area contributed by atoms with E-state index in [2.05, 4.69) is 21.9 Å². The van der Waals surface area contributed by atoms with Crippen LogP contribution in [0, 0.1) is 11.3 Å². The van der Waals surface area contributed by atoms with Gasteiger partial charge in [0, 0.05) is 33.2 Å². The average molecular weight is 377 g/mol. The number of hydrogen-bond acceptors (Lipinski definition) is 6. The van der Waals surface area contributed by atoms with Crippen molar-refractivity contribution < 1.29 is 14.6 Å². The van der Waals surface area contributed by atoms with Crippen LogP contribution in [0.25, 0.3) is 0 Å². The molecule has 8 nitrogen and oxygen atoms in total. The number of piperidine rings is 2. The van der Waals surface area contributed by atoms with Crippen LogP contribution in [0.1, 0.15) is 43.2 Å². The number of aliphatic hydroxyl groups excluding tert-OH is 1. The fourth-order valence-electron chi connectivity index (χ4n) is 4.74. The van der Waals surface area contributed by atoms with Gasteiger partial charge in [-0.15, -0.1) is 0 Å². The monoisotopic (exact) mass is 377 g/mol. The first-order valence-corrected chi connectivity index (χ1v) is 10.1. The Labute approximate surface area is 160 Å². The highest BCUT2D eigenvalue weighted by atomic mass is 16.5. The Kier molecular flexibility index (Phi) is 5.22. The molecule has 0 bridgehead atoms. The zero-order valence-corrected chi connectivity index (χ0v) is 16.4. The molecule has 3 aliphatic heterocycles. The van der Waals surface area contributed by atoms with Crippen molar-refractivity contribution in [3.05, 3.63) is 12.2 Å². The molecule has 0 unspecified atom stereocenters. The van der Waals surface area contributed by atoms with E-state index in [1.165, 1.54) is 11.0 Å². The zero-order chi connectivity index (χ0) is 19.0. The minimum atomic E-state index is -0.219. The number of nitrogens with zero attached hydrogens (tertiary/aromatic N) is 5. The van der Waals surface area contributed by atoms with Crippen molar-refractivity contribution in [2.75, 3.05) is 39.3 Å². The second-order valence-corrected chi connectivity index (χ2v) is 8.73. The smallest absolute Gasteiger partial charge is 0.291 e. The van der Waals surface area contributed by atoms with Gasteiger partial charge in [-0.1, -0.05) is 6.92 Å². The normalized spacial score (nSPS) is 31.5. The molecular weight excluding hydrogens is 346 g/mol. The van der Waals surface area contributed by atoms with Crippen molar-refractivity contribution in [1.82, 2.24) is 24.6 Å². The van der Waals surface area contributed by atoms with Gasteiger partial charge in [-0.2, -0.15) is 5.10 Å². The molecule has 3 fully saturated rings. The van der Waals surface area contributed by atoms with Gasteiger partial charge in [0.2, 0.25) is 5.82 Å². The predicted octanol–water partition coefficient (Wildman–Crippen LogP) is 0.529. The third-order valence-corrected chi connectivity index (χ3v) is 6.76. The summed E-state index contributed by atoms with van der Waals surface area (Å²) in [6, 6.07) is 0. The van der Waals surface area contributed by atoms with Crippen molar-refractivity contribution in [3.63, 3.8) is 0 Å². The van der Waals surface area contributed by atoms with Crippen molar-refractivity contribution in [1.29, 1.82) is 0 Å². The molecule has 3 aliphatic rings. The van der Waals surface area contributed by atoms with Gasteiger partial charge in [0.05, 0.1) is 18.8 Å². The summed E-state index contributed by atoms with van der Waals surface area (Å²) in [6.45, 7) is 7.13. The number of likely N-dealkylation sites (tertiary alicyclic amines) is 2. The summed E-state index contributed by atoms with van der Waals surface area (Å²) in [5.41, 5.74) is 0.197.